The molecule has 0 bridgehead atoms. The molecule has 1 N–H and O–H groups in total. The highest BCUT2D eigenvalue weighted by Gasteiger charge is 2.35. The second-order valence-corrected chi connectivity index (χ2v) is 9.45. The number of carbonyl (C=O) groups is 1. The molecule has 2 aromatic rings. The van der Waals surface area contributed by atoms with Gasteiger partial charge in [-0.1, -0.05) is 31.4 Å². The largest absolute Gasteiger partial charge is 0.573 e. The summed E-state index contributed by atoms with van der Waals surface area (Å²) in [5.41, 5.74) is 1.21. The monoisotopic (exact) mass is 496 g/mol. The topological polar surface area (TPSA) is 71.0 Å². The minimum absolute atomic E-state index is 0.0605. The molecule has 2 aliphatic rings. The maximum absolute atomic E-state index is 13.1. The Kier molecular flexibility index (Phi) is 7.32. The molecule has 2 fully saturated rings. The molecule has 7 nitrogen and oxygen atoms in total. The molecule has 1 amide bonds. The number of nitrogens with zero attached hydrogens (tertiary/aromatic N) is 1. The summed E-state index contributed by atoms with van der Waals surface area (Å²) in [5, 5.41) is 2.90. The van der Waals surface area contributed by atoms with E-state index in [-0.39, 0.29) is 29.2 Å². The van der Waals surface area contributed by atoms with E-state index in [4.69, 9.17) is 14.2 Å². The Labute approximate surface area is 202 Å². The average molecular weight is 497 g/mol. The quantitative estimate of drug-likeness (QED) is 0.536. The van der Waals surface area contributed by atoms with Crippen LogP contribution in [0, 0.1) is 6.92 Å². The summed E-state index contributed by atoms with van der Waals surface area (Å²) in [7, 11) is 0. The molecule has 192 valence electrons. The molecule has 1 saturated heterocycles. The van der Waals surface area contributed by atoms with Gasteiger partial charge in [0.1, 0.15) is 11.9 Å². The van der Waals surface area contributed by atoms with Crippen LogP contribution in [0.2, 0.25) is 0 Å². The Morgan fingerprint density at radius 2 is 1.89 bits per heavy atom. The van der Waals surface area contributed by atoms with E-state index in [1.807, 2.05) is 0 Å². The molecule has 35 heavy (non-hydrogen) atoms. The third-order valence-electron chi connectivity index (χ3n) is 6.29. The molecule has 4 rings (SSSR count). The van der Waals surface area contributed by atoms with Gasteiger partial charge in [-0.15, -0.1) is 13.2 Å². The fourth-order valence-electron chi connectivity index (χ4n) is 4.67. The highest BCUT2D eigenvalue weighted by molar-refractivity contribution is 5.75. The first-order valence-electron chi connectivity index (χ1n) is 11.9. The number of aromatic nitrogens is 1. The van der Waals surface area contributed by atoms with E-state index < -0.39 is 18.2 Å². The number of amides is 1. The first-order chi connectivity index (χ1) is 16.5. The van der Waals surface area contributed by atoms with Crippen molar-refractivity contribution in [1.82, 2.24) is 9.88 Å². The van der Waals surface area contributed by atoms with Crippen LogP contribution in [-0.4, -0.2) is 41.6 Å². The van der Waals surface area contributed by atoms with Crippen molar-refractivity contribution in [3.8, 4) is 22.8 Å². The number of nitrogens with one attached hydrogen (secondary N) is 1. The van der Waals surface area contributed by atoms with Crippen LogP contribution in [0.5, 0.6) is 11.5 Å². The van der Waals surface area contributed by atoms with E-state index in [2.05, 4.69) is 10.1 Å². The van der Waals surface area contributed by atoms with E-state index in [0.717, 1.165) is 32.1 Å². The lowest BCUT2D eigenvalue weighted by molar-refractivity contribution is -0.274. The molecule has 0 spiro atoms. The summed E-state index contributed by atoms with van der Waals surface area (Å²) in [6, 6.07) is 7.51. The molecule has 10 heteroatoms. The number of carbonyl (C=O) groups excluding carboxylic acids is 1. The van der Waals surface area contributed by atoms with Crippen molar-refractivity contribution in [2.24, 2.45) is 0 Å². The van der Waals surface area contributed by atoms with Crippen LogP contribution >= 0.6 is 0 Å². The summed E-state index contributed by atoms with van der Waals surface area (Å²) in [6.07, 6.45) is -0.704. The lowest BCUT2D eigenvalue weighted by Crippen LogP contribution is -2.38. The zero-order valence-corrected chi connectivity index (χ0v) is 20.1. The van der Waals surface area contributed by atoms with Crippen molar-refractivity contribution in [2.75, 3.05) is 6.61 Å². The van der Waals surface area contributed by atoms with E-state index in [1.54, 1.807) is 37.5 Å². The van der Waals surface area contributed by atoms with Gasteiger partial charge < -0.3 is 28.8 Å². The summed E-state index contributed by atoms with van der Waals surface area (Å²) in [6.45, 7) is 5.96. The van der Waals surface area contributed by atoms with Gasteiger partial charge in [-0.25, -0.2) is 4.79 Å². The lowest BCUT2D eigenvalue weighted by Gasteiger charge is -2.22. The molecule has 2 heterocycles. The van der Waals surface area contributed by atoms with Gasteiger partial charge >= 0.3 is 12.5 Å². The average Bonchev–Trinajstić information content (AvgIpc) is 3.27. The van der Waals surface area contributed by atoms with Crippen molar-refractivity contribution in [3.63, 3.8) is 0 Å². The van der Waals surface area contributed by atoms with Gasteiger partial charge in [0.2, 0.25) is 0 Å². The Balaban J connectivity index is 1.65. The fraction of sp³-hybridized carbons (Fsp3) is 0.560. The number of halogens is 3. The van der Waals surface area contributed by atoms with Crippen LogP contribution in [-0.2, 0) is 16.0 Å². The Morgan fingerprint density at radius 1 is 1.17 bits per heavy atom. The van der Waals surface area contributed by atoms with E-state index in [1.165, 1.54) is 18.2 Å². The Bertz CT molecular complexity index is 1040. The molecule has 1 unspecified atom stereocenters. The summed E-state index contributed by atoms with van der Waals surface area (Å²) >= 11 is 0. The predicted octanol–water partition coefficient (Wildman–Crippen LogP) is 5.93. The maximum Gasteiger partial charge on any atom is 0.573 e. The van der Waals surface area contributed by atoms with Crippen LogP contribution in [0.15, 0.2) is 30.3 Å². The number of rotatable bonds is 6. The number of alkyl halides is 3. The number of hydrogen-bond donors (Lipinski definition) is 1. The van der Waals surface area contributed by atoms with Crippen LogP contribution in [0.25, 0.3) is 11.3 Å². The number of para-hydroxylation sites is 1. The second-order valence-electron chi connectivity index (χ2n) is 9.45. The van der Waals surface area contributed by atoms with Crippen molar-refractivity contribution >= 4 is 6.09 Å². The molecule has 0 radical (unpaired) electrons. The minimum Gasteiger partial charge on any atom is -0.408 e. The first-order valence-corrected chi connectivity index (χ1v) is 11.9. The molecule has 1 aliphatic heterocycles. The normalized spacial score (nSPS) is 20.6. The zero-order valence-electron chi connectivity index (χ0n) is 20.1. The number of hydrogen-bond acceptors (Lipinski definition) is 5. The predicted molar refractivity (Wildman–Crippen MR) is 122 cm³/mol. The molecule has 1 saturated carbocycles. The smallest absolute Gasteiger partial charge is 0.408 e. The Morgan fingerprint density at radius 3 is 2.54 bits per heavy atom. The summed E-state index contributed by atoms with van der Waals surface area (Å²) in [5.74, 6) is -0.850. The molecule has 1 aromatic carbocycles. The van der Waals surface area contributed by atoms with Gasteiger partial charge in [-0.05, 0) is 45.7 Å². The van der Waals surface area contributed by atoms with Gasteiger partial charge in [0, 0.05) is 17.7 Å². The van der Waals surface area contributed by atoms with Crippen molar-refractivity contribution in [2.45, 2.75) is 83.7 Å². The minimum atomic E-state index is -4.85. The van der Waals surface area contributed by atoms with Crippen molar-refractivity contribution in [1.29, 1.82) is 0 Å². The van der Waals surface area contributed by atoms with E-state index in [0.29, 0.717) is 24.5 Å². The lowest BCUT2D eigenvalue weighted by atomic mass is 9.96. The van der Waals surface area contributed by atoms with Crippen LogP contribution < -0.4 is 14.8 Å². The summed E-state index contributed by atoms with van der Waals surface area (Å²) in [4.78, 5) is 12.6. The maximum atomic E-state index is 13.1. The molecular formula is C25H31F3N2O5. The van der Waals surface area contributed by atoms with Gasteiger partial charge in [0.25, 0.3) is 0 Å². The van der Waals surface area contributed by atoms with Gasteiger partial charge in [0.05, 0.1) is 24.5 Å². The van der Waals surface area contributed by atoms with Crippen molar-refractivity contribution < 1.29 is 36.9 Å². The van der Waals surface area contributed by atoms with E-state index in [9.17, 15) is 18.0 Å². The highest BCUT2D eigenvalue weighted by Crippen LogP contribution is 2.39. The van der Waals surface area contributed by atoms with Gasteiger partial charge in [-0.3, -0.25) is 0 Å². The SMILES string of the molecule is Cc1c(OC(=O)NC2CCCCC2)cc(-c2ccccc2OC(F)(F)F)n1CC1COC(C)(C)O1. The van der Waals surface area contributed by atoms with E-state index >= 15 is 0 Å². The van der Waals surface area contributed by atoms with Crippen molar-refractivity contribution in [3.05, 3.63) is 36.0 Å². The standard InChI is InChI=1S/C25H31F3N2O5/c1-16-22(33-23(31)29-17-9-5-4-6-10-17)13-20(30(16)14-18-15-32-24(2,3)34-18)19-11-7-8-12-21(19)35-25(26,27)28/h7-8,11-13,17-18H,4-6,9-10,14-15H2,1-3H3,(H,29,31). The van der Waals surface area contributed by atoms with Crippen LogP contribution in [0.4, 0.5) is 18.0 Å². The van der Waals surface area contributed by atoms with Gasteiger partial charge in [0.15, 0.2) is 11.5 Å². The van der Waals surface area contributed by atoms with Gasteiger partial charge in [-0.2, -0.15) is 0 Å². The Hall–Kier alpha value is -2.72. The van der Waals surface area contributed by atoms with Crippen LogP contribution in [0.3, 0.4) is 0 Å². The molecule has 1 aliphatic carbocycles. The summed E-state index contributed by atoms with van der Waals surface area (Å²) < 4.78 is 62.5. The highest BCUT2D eigenvalue weighted by atomic mass is 19.4. The molecule has 1 aromatic heterocycles. The third-order valence-corrected chi connectivity index (χ3v) is 6.29. The number of benzene rings is 1. The zero-order chi connectivity index (χ0) is 25.2. The fourth-order valence-corrected chi connectivity index (χ4v) is 4.67. The molecule has 1 atom stereocenters. The second kappa shape index (κ2) is 10.1. The van der Waals surface area contributed by atoms with Crippen LogP contribution in [0.1, 0.15) is 51.6 Å². The third kappa shape index (κ3) is 6.49. The molecular weight excluding hydrogens is 465 g/mol. The first kappa shape index (κ1) is 25.4. The number of ether oxygens (including phenoxy) is 4.